The van der Waals surface area contributed by atoms with Crippen molar-refractivity contribution in [3.8, 4) is 0 Å². The molecule has 18 heavy (non-hydrogen) atoms. The molecule has 2 rings (SSSR count). The third-order valence-corrected chi connectivity index (χ3v) is 3.10. The first-order chi connectivity index (χ1) is 8.47. The maximum absolute atomic E-state index is 12.0. The number of carboxylic acid groups (broad SMARTS) is 1. The van der Waals surface area contributed by atoms with Crippen molar-refractivity contribution in [3.63, 3.8) is 0 Å². The van der Waals surface area contributed by atoms with Crippen LogP contribution in [0.25, 0.3) is 0 Å². The molecular formula is C12H17N3O3. The molecular weight excluding hydrogens is 234 g/mol. The van der Waals surface area contributed by atoms with Crippen molar-refractivity contribution in [1.82, 2.24) is 15.1 Å². The van der Waals surface area contributed by atoms with Crippen molar-refractivity contribution in [2.45, 2.75) is 32.2 Å². The zero-order chi connectivity index (χ0) is 13.3. The number of aryl methyl sites for hydroxylation is 2. The number of hydrogen-bond donors (Lipinski definition) is 2. The second-order valence-corrected chi connectivity index (χ2v) is 4.84. The van der Waals surface area contributed by atoms with E-state index in [1.54, 1.807) is 20.0 Å². The highest BCUT2D eigenvalue weighted by atomic mass is 16.4. The monoisotopic (exact) mass is 251 g/mol. The third kappa shape index (κ3) is 2.88. The second kappa shape index (κ2) is 4.80. The van der Waals surface area contributed by atoms with Gasteiger partial charge in [0.2, 0.25) is 0 Å². The van der Waals surface area contributed by atoms with Crippen molar-refractivity contribution in [3.05, 3.63) is 17.5 Å². The largest absolute Gasteiger partial charge is 0.480 e. The van der Waals surface area contributed by atoms with Crippen LogP contribution in [0, 0.1) is 12.8 Å². The Morgan fingerprint density at radius 1 is 1.61 bits per heavy atom. The average Bonchev–Trinajstić information content (AvgIpc) is 3.02. The predicted molar refractivity (Wildman–Crippen MR) is 64.2 cm³/mol. The third-order valence-electron chi connectivity index (χ3n) is 3.10. The van der Waals surface area contributed by atoms with Gasteiger partial charge in [-0.2, -0.15) is 5.10 Å². The smallest absolute Gasteiger partial charge is 0.326 e. The Kier molecular flexibility index (Phi) is 3.36. The maximum Gasteiger partial charge on any atom is 0.326 e. The van der Waals surface area contributed by atoms with Crippen LogP contribution in [0.15, 0.2) is 6.07 Å². The fourth-order valence-corrected chi connectivity index (χ4v) is 1.96. The lowest BCUT2D eigenvalue weighted by Gasteiger charge is -2.13. The molecule has 1 heterocycles. The molecule has 6 nitrogen and oxygen atoms in total. The molecule has 1 aromatic rings. The van der Waals surface area contributed by atoms with E-state index in [0.29, 0.717) is 18.0 Å². The molecule has 1 fully saturated rings. The summed E-state index contributed by atoms with van der Waals surface area (Å²) in [6, 6.07) is 0.839. The Morgan fingerprint density at radius 2 is 2.28 bits per heavy atom. The molecule has 6 heteroatoms. The molecule has 0 radical (unpaired) electrons. The Morgan fingerprint density at radius 3 is 2.72 bits per heavy atom. The summed E-state index contributed by atoms with van der Waals surface area (Å²) in [5, 5.41) is 15.7. The number of rotatable bonds is 5. The number of carbonyl (C=O) groups excluding carboxylic acids is 1. The first-order valence-electron chi connectivity index (χ1n) is 6.01. The molecule has 0 aliphatic heterocycles. The van der Waals surface area contributed by atoms with Crippen molar-refractivity contribution < 1.29 is 14.7 Å². The lowest BCUT2D eigenvalue weighted by molar-refractivity contribution is -0.139. The minimum absolute atomic E-state index is 0.383. The van der Waals surface area contributed by atoms with Crippen LogP contribution >= 0.6 is 0 Å². The molecule has 0 saturated heterocycles. The van der Waals surface area contributed by atoms with Crippen molar-refractivity contribution in [2.75, 3.05) is 0 Å². The van der Waals surface area contributed by atoms with Crippen LogP contribution in [0.2, 0.25) is 0 Å². The topological polar surface area (TPSA) is 84.2 Å². The van der Waals surface area contributed by atoms with Gasteiger partial charge in [0.1, 0.15) is 11.7 Å². The highest BCUT2D eigenvalue weighted by Gasteiger charge is 2.30. The number of carbonyl (C=O) groups is 2. The fourth-order valence-electron chi connectivity index (χ4n) is 1.96. The first-order valence-corrected chi connectivity index (χ1v) is 6.01. The summed E-state index contributed by atoms with van der Waals surface area (Å²) in [4.78, 5) is 23.0. The highest BCUT2D eigenvalue weighted by Crippen LogP contribution is 2.33. The molecule has 1 aliphatic rings. The number of hydrogen-bond acceptors (Lipinski definition) is 3. The highest BCUT2D eigenvalue weighted by molar-refractivity contribution is 5.95. The van der Waals surface area contributed by atoms with Crippen LogP contribution < -0.4 is 5.32 Å². The number of amides is 1. The molecule has 0 spiro atoms. The van der Waals surface area contributed by atoms with Gasteiger partial charge in [-0.05, 0) is 25.3 Å². The predicted octanol–water partition coefficient (Wildman–Crippen LogP) is 0.712. The summed E-state index contributed by atoms with van der Waals surface area (Å²) in [7, 11) is 1.67. The summed E-state index contributed by atoms with van der Waals surface area (Å²) in [6.45, 7) is 1.79. The van der Waals surface area contributed by atoms with Gasteiger partial charge in [0.15, 0.2) is 0 Å². The fraction of sp³-hybridized carbons (Fsp3) is 0.583. The molecule has 1 aliphatic carbocycles. The van der Waals surface area contributed by atoms with Gasteiger partial charge in [-0.3, -0.25) is 9.48 Å². The van der Waals surface area contributed by atoms with Gasteiger partial charge in [-0.1, -0.05) is 12.8 Å². The molecule has 2 N–H and O–H groups in total. The number of nitrogens with one attached hydrogen (secondary N) is 1. The van der Waals surface area contributed by atoms with E-state index in [1.807, 2.05) is 0 Å². The van der Waals surface area contributed by atoms with E-state index < -0.39 is 12.0 Å². The summed E-state index contributed by atoms with van der Waals surface area (Å²) >= 11 is 0. The Bertz CT molecular complexity index is 477. The van der Waals surface area contributed by atoms with Gasteiger partial charge >= 0.3 is 5.97 Å². The molecule has 98 valence electrons. The van der Waals surface area contributed by atoms with Crippen LogP contribution in [0.3, 0.4) is 0 Å². The summed E-state index contributed by atoms with van der Waals surface area (Å²) in [5.74, 6) is -0.917. The van der Waals surface area contributed by atoms with Crippen LogP contribution in [0.1, 0.15) is 35.4 Å². The molecule has 0 aromatic carbocycles. The number of carboxylic acids is 1. The summed E-state index contributed by atoms with van der Waals surface area (Å²) in [5.41, 5.74) is 1.12. The lowest BCUT2D eigenvalue weighted by atomic mass is 10.1. The van der Waals surface area contributed by atoms with E-state index >= 15 is 0 Å². The first kappa shape index (κ1) is 12.6. The normalized spacial score (nSPS) is 16.3. The number of aliphatic carboxylic acids is 1. The molecule has 1 aromatic heterocycles. The second-order valence-electron chi connectivity index (χ2n) is 4.84. The van der Waals surface area contributed by atoms with Gasteiger partial charge < -0.3 is 10.4 Å². The van der Waals surface area contributed by atoms with Crippen LogP contribution in [-0.4, -0.2) is 32.8 Å². The Balaban J connectivity index is 2.03. The van der Waals surface area contributed by atoms with Crippen molar-refractivity contribution in [1.29, 1.82) is 0 Å². The summed E-state index contributed by atoms with van der Waals surface area (Å²) in [6.07, 6.45) is 2.63. The molecule has 1 atom stereocenters. The van der Waals surface area contributed by atoms with Crippen molar-refractivity contribution >= 4 is 11.9 Å². The molecule has 0 bridgehead atoms. The van der Waals surface area contributed by atoms with Crippen LogP contribution in [0.5, 0.6) is 0 Å². The zero-order valence-electron chi connectivity index (χ0n) is 10.5. The molecule has 1 amide bonds. The van der Waals surface area contributed by atoms with Crippen LogP contribution in [0.4, 0.5) is 0 Å². The minimum atomic E-state index is -0.978. The van der Waals surface area contributed by atoms with E-state index in [4.69, 9.17) is 5.11 Å². The van der Waals surface area contributed by atoms with Crippen molar-refractivity contribution in [2.24, 2.45) is 13.0 Å². The Labute approximate surface area is 105 Å². The maximum atomic E-state index is 12.0. The van der Waals surface area contributed by atoms with Gasteiger partial charge in [0.25, 0.3) is 5.91 Å². The standard InChI is InChI=1S/C12H17N3O3/c1-7-5-10(15(2)14-7)11(16)13-9(12(17)18)6-8-3-4-8/h5,8-9H,3-4,6H2,1-2H3,(H,13,16)(H,17,18). The van der Waals surface area contributed by atoms with Crippen LogP contribution in [-0.2, 0) is 11.8 Å². The minimum Gasteiger partial charge on any atom is -0.480 e. The zero-order valence-corrected chi connectivity index (χ0v) is 10.5. The van der Waals surface area contributed by atoms with Gasteiger partial charge in [0, 0.05) is 7.05 Å². The SMILES string of the molecule is Cc1cc(C(=O)NC(CC2CC2)C(=O)O)n(C)n1. The van der Waals surface area contributed by atoms with E-state index in [0.717, 1.165) is 18.5 Å². The lowest BCUT2D eigenvalue weighted by Crippen LogP contribution is -2.41. The number of aromatic nitrogens is 2. The summed E-state index contributed by atoms with van der Waals surface area (Å²) < 4.78 is 1.46. The number of nitrogens with zero attached hydrogens (tertiary/aromatic N) is 2. The van der Waals surface area contributed by atoms with E-state index in [2.05, 4.69) is 10.4 Å². The quantitative estimate of drug-likeness (QED) is 0.807. The van der Waals surface area contributed by atoms with Gasteiger partial charge in [-0.15, -0.1) is 0 Å². The van der Waals surface area contributed by atoms with E-state index in [-0.39, 0.29) is 5.91 Å². The van der Waals surface area contributed by atoms with E-state index in [9.17, 15) is 9.59 Å². The Hall–Kier alpha value is -1.85. The van der Waals surface area contributed by atoms with Gasteiger partial charge in [0.05, 0.1) is 5.69 Å². The average molecular weight is 251 g/mol. The molecule has 1 saturated carbocycles. The molecule has 1 unspecified atom stereocenters. The van der Waals surface area contributed by atoms with E-state index in [1.165, 1.54) is 4.68 Å². The van der Waals surface area contributed by atoms with Gasteiger partial charge in [-0.25, -0.2) is 4.79 Å².